The number of amides is 1. The van der Waals surface area contributed by atoms with Gasteiger partial charge in [0.15, 0.2) is 11.7 Å². The summed E-state index contributed by atoms with van der Waals surface area (Å²) >= 11 is 6.17. The van der Waals surface area contributed by atoms with Crippen molar-refractivity contribution < 1.29 is 18.7 Å². The molecular weight excluding hydrogens is 392 g/mol. The molecule has 6 nitrogen and oxygen atoms in total. The zero-order valence-electron chi connectivity index (χ0n) is 15.6. The number of nitrogens with zero attached hydrogens (tertiary/aromatic N) is 2. The van der Waals surface area contributed by atoms with E-state index < -0.39 is 5.97 Å². The van der Waals surface area contributed by atoms with Crippen molar-refractivity contribution in [1.29, 1.82) is 0 Å². The van der Waals surface area contributed by atoms with Crippen molar-refractivity contribution in [2.45, 2.75) is 25.7 Å². The fourth-order valence-electron chi connectivity index (χ4n) is 3.24. The summed E-state index contributed by atoms with van der Waals surface area (Å²) in [4.78, 5) is 30.0. The van der Waals surface area contributed by atoms with Crippen LogP contribution in [0.25, 0.3) is 11.3 Å². The monoisotopic (exact) mass is 410 g/mol. The van der Waals surface area contributed by atoms with Gasteiger partial charge in [0.2, 0.25) is 5.91 Å². The minimum absolute atomic E-state index is 0.0895. The number of ether oxygens (including phenoxy) is 1. The highest BCUT2D eigenvalue weighted by Gasteiger charge is 2.22. The van der Waals surface area contributed by atoms with Gasteiger partial charge in [-0.2, -0.15) is 0 Å². The molecule has 0 radical (unpaired) electrons. The zero-order valence-corrected chi connectivity index (χ0v) is 16.4. The van der Waals surface area contributed by atoms with Gasteiger partial charge >= 0.3 is 5.97 Å². The Bertz CT molecular complexity index is 1050. The quantitative estimate of drug-likeness (QED) is 0.436. The van der Waals surface area contributed by atoms with Crippen LogP contribution in [-0.4, -0.2) is 23.4 Å². The highest BCUT2D eigenvalue weighted by Crippen LogP contribution is 2.28. The van der Waals surface area contributed by atoms with Crippen molar-refractivity contribution in [3.05, 3.63) is 65.6 Å². The average molecular weight is 411 g/mol. The molecule has 1 aromatic heterocycles. The molecule has 1 saturated heterocycles. The number of oxazole rings is 1. The zero-order chi connectivity index (χ0) is 20.2. The minimum atomic E-state index is -0.396. The molecule has 0 aliphatic carbocycles. The van der Waals surface area contributed by atoms with Gasteiger partial charge in [-0.05, 0) is 30.7 Å². The number of rotatable bonds is 6. The van der Waals surface area contributed by atoms with Crippen molar-refractivity contribution in [2.75, 3.05) is 11.4 Å². The molecule has 0 bridgehead atoms. The van der Waals surface area contributed by atoms with Crippen molar-refractivity contribution >= 4 is 29.2 Å². The second kappa shape index (κ2) is 8.49. The molecule has 2 aromatic carbocycles. The smallest absolute Gasteiger partial charge is 0.311 e. The molecule has 1 amide bonds. The number of hydrogen-bond acceptors (Lipinski definition) is 5. The number of anilines is 1. The van der Waals surface area contributed by atoms with Gasteiger partial charge < -0.3 is 14.1 Å². The van der Waals surface area contributed by atoms with E-state index in [9.17, 15) is 9.59 Å². The predicted molar refractivity (Wildman–Crippen MR) is 109 cm³/mol. The van der Waals surface area contributed by atoms with E-state index in [1.807, 2.05) is 24.3 Å². The molecule has 1 aliphatic rings. The van der Waals surface area contributed by atoms with Crippen LogP contribution in [0.1, 0.15) is 25.2 Å². The normalized spacial score (nSPS) is 13.7. The molecule has 29 heavy (non-hydrogen) atoms. The summed E-state index contributed by atoms with van der Waals surface area (Å²) in [6, 6.07) is 14.3. The van der Waals surface area contributed by atoms with Crippen LogP contribution in [0.3, 0.4) is 0 Å². The maximum atomic E-state index is 12.2. The Morgan fingerprint density at radius 1 is 1.21 bits per heavy atom. The van der Waals surface area contributed by atoms with Gasteiger partial charge in [-0.1, -0.05) is 29.8 Å². The molecule has 7 heteroatoms. The first-order chi connectivity index (χ1) is 14.1. The SMILES string of the molecule is O=C(CCc1ncc(-c2ccccc2Cl)o1)Oc1cccc(N2CCCC2=O)c1. The highest BCUT2D eigenvalue weighted by atomic mass is 35.5. The number of benzene rings is 2. The van der Waals surface area contributed by atoms with E-state index in [-0.39, 0.29) is 12.3 Å². The number of aromatic nitrogens is 1. The van der Waals surface area contributed by atoms with Crippen molar-refractivity contribution in [2.24, 2.45) is 0 Å². The van der Waals surface area contributed by atoms with E-state index in [0.717, 1.165) is 17.7 Å². The third-order valence-corrected chi connectivity index (χ3v) is 5.00. The number of halogens is 1. The van der Waals surface area contributed by atoms with Gasteiger partial charge in [-0.3, -0.25) is 9.59 Å². The maximum Gasteiger partial charge on any atom is 0.311 e. The molecule has 0 spiro atoms. The Kier molecular flexibility index (Phi) is 5.62. The molecule has 148 valence electrons. The van der Waals surface area contributed by atoms with Gasteiger partial charge in [0, 0.05) is 36.7 Å². The lowest BCUT2D eigenvalue weighted by Gasteiger charge is -2.16. The van der Waals surface area contributed by atoms with Crippen molar-refractivity contribution in [1.82, 2.24) is 4.98 Å². The van der Waals surface area contributed by atoms with Gasteiger partial charge in [0.1, 0.15) is 5.75 Å². The summed E-state index contributed by atoms with van der Waals surface area (Å²) < 4.78 is 11.1. The molecule has 1 aliphatic heterocycles. The lowest BCUT2D eigenvalue weighted by molar-refractivity contribution is -0.134. The van der Waals surface area contributed by atoms with E-state index in [1.165, 1.54) is 0 Å². The van der Waals surface area contributed by atoms with Crippen LogP contribution in [0.15, 0.2) is 59.1 Å². The largest absolute Gasteiger partial charge is 0.441 e. The lowest BCUT2D eigenvalue weighted by Crippen LogP contribution is -2.23. The summed E-state index contributed by atoms with van der Waals surface area (Å²) in [6.45, 7) is 0.689. The minimum Gasteiger partial charge on any atom is -0.441 e. The molecule has 2 heterocycles. The van der Waals surface area contributed by atoms with Gasteiger partial charge in [0.25, 0.3) is 0 Å². The summed E-state index contributed by atoms with van der Waals surface area (Å²) in [5.74, 6) is 1.10. The highest BCUT2D eigenvalue weighted by molar-refractivity contribution is 6.33. The average Bonchev–Trinajstić information content (AvgIpc) is 3.36. The van der Waals surface area contributed by atoms with Crippen LogP contribution in [0.5, 0.6) is 5.75 Å². The van der Waals surface area contributed by atoms with Crippen LogP contribution in [0.4, 0.5) is 5.69 Å². The third kappa shape index (κ3) is 4.49. The van der Waals surface area contributed by atoms with E-state index in [0.29, 0.717) is 41.8 Å². The first-order valence-electron chi connectivity index (χ1n) is 9.41. The summed E-state index contributed by atoms with van der Waals surface area (Å²) in [6.07, 6.45) is 3.42. The second-order valence-corrected chi connectivity index (χ2v) is 7.13. The first-order valence-corrected chi connectivity index (χ1v) is 9.78. The number of carbonyl (C=O) groups excluding carboxylic acids is 2. The van der Waals surface area contributed by atoms with Crippen LogP contribution in [-0.2, 0) is 16.0 Å². The van der Waals surface area contributed by atoms with Crippen LogP contribution < -0.4 is 9.64 Å². The Morgan fingerprint density at radius 2 is 2.07 bits per heavy atom. The first kappa shape index (κ1) is 19.2. The van der Waals surface area contributed by atoms with E-state index in [1.54, 1.807) is 35.4 Å². The second-order valence-electron chi connectivity index (χ2n) is 6.72. The Morgan fingerprint density at radius 3 is 2.86 bits per heavy atom. The fourth-order valence-corrected chi connectivity index (χ4v) is 3.47. The summed E-state index contributed by atoms with van der Waals surface area (Å²) in [7, 11) is 0. The number of hydrogen-bond donors (Lipinski definition) is 0. The molecule has 0 saturated carbocycles. The molecular formula is C22H19ClN2O4. The lowest BCUT2D eigenvalue weighted by atomic mass is 10.2. The molecule has 0 atom stereocenters. The van der Waals surface area contributed by atoms with Gasteiger partial charge in [-0.25, -0.2) is 4.98 Å². The number of carbonyl (C=O) groups is 2. The standard InChI is InChI=1S/C22H19ClN2O4/c23-18-8-2-1-7-17(18)19-14-24-20(29-19)10-11-22(27)28-16-6-3-5-15(13-16)25-12-4-9-21(25)26/h1-3,5-8,13-14H,4,9-12H2. The number of esters is 1. The summed E-state index contributed by atoms with van der Waals surface area (Å²) in [5, 5.41) is 0.575. The summed E-state index contributed by atoms with van der Waals surface area (Å²) in [5.41, 5.74) is 1.50. The fraction of sp³-hybridized carbons (Fsp3) is 0.227. The maximum absolute atomic E-state index is 12.2. The topological polar surface area (TPSA) is 72.6 Å². The van der Waals surface area contributed by atoms with Crippen molar-refractivity contribution in [3.63, 3.8) is 0 Å². The van der Waals surface area contributed by atoms with E-state index in [2.05, 4.69) is 4.98 Å². The van der Waals surface area contributed by atoms with Crippen LogP contribution in [0.2, 0.25) is 5.02 Å². The van der Waals surface area contributed by atoms with Crippen LogP contribution in [0, 0.1) is 0 Å². The van der Waals surface area contributed by atoms with Gasteiger partial charge in [-0.15, -0.1) is 0 Å². The van der Waals surface area contributed by atoms with Gasteiger partial charge in [0.05, 0.1) is 17.6 Å². The Hall–Kier alpha value is -3.12. The van der Waals surface area contributed by atoms with Crippen LogP contribution >= 0.6 is 11.6 Å². The predicted octanol–water partition coefficient (Wildman–Crippen LogP) is 4.66. The Labute approximate surface area is 173 Å². The molecule has 4 rings (SSSR count). The number of aryl methyl sites for hydroxylation is 1. The Balaban J connectivity index is 1.35. The van der Waals surface area contributed by atoms with E-state index in [4.69, 9.17) is 20.8 Å². The molecule has 0 unspecified atom stereocenters. The van der Waals surface area contributed by atoms with Crippen molar-refractivity contribution in [3.8, 4) is 17.1 Å². The third-order valence-electron chi connectivity index (χ3n) is 4.67. The molecule has 1 fully saturated rings. The molecule has 0 N–H and O–H groups in total. The molecule has 3 aromatic rings. The van der Waals surface area contributed by atoms with E-state index >= 15 is 0 Å².